The maximum Gasteiger partial charge on any atom is 0.328 e. The van der Waals surface area contributed by atoms with Gasteiger partial charge in [-0.15, -0.1) is 0 Å². The van der Waals surface area contributed by atoms with Crippen LogP contribution in [-0.4, -0.2) is 40.8 Å². The number of sulfonamides is 1. The SMILES string of the molecule is COc1cc(NS(=O)(=O)c2cc(C=CC(=O)O)ccc2OC)cc(OC)c1. The number of aliphatic carboxylic acids is 1. The van der Waals surface area contributed by atoms with E-state index >= 15 is 0 Å². The van der Waals surface area contributed by atoms with Crippen molar-refractivity contribution in [1.82, 2.24) is 0 Å². The number of hydrogen-bond donors (Lipinski definition) is 2. The van der Waals surface area contributed by atoms with Crippen molar-refractivity contribution in [2.24, 2.45) is 0 Å². The Hall–Kier alpha value is -3.20. The molecule has 0 aromatic heterocycles. The lowest BCUT2D eigenvalue weighted by Gasteiger charge is -2.14. The summed E-state index contributed by atoms with van der Waals surface area (Å²) in [7, 11) is 0.214. The first-order chi connectivity index (χ1) is 12.8. The molecule has 144 valence electrons. The number of benzene rings is 2. The lowest BCUT2D eigenvalue weighted by atomic mass is 10.2. The first-order valence-electron chi connectivity index (χ1n) is 7.64. The Morgan fingerprint density at radius 1 is 1.00 bits per heavy atom. The first kappa shape index (κ1) is 20.1. The third-order valence-electron chi connectivity index (χ3n) is 3.50. The van der Waals surface area contributed by atoms with Crippen LogP contribution in [0, 0.1) is 0 Å². The van der Waals surface area contributed by atoms with Gasteiger partial charge in [0, 0.05) is 24.3 Å². The molecule has 0 saturated carbocycles. The van der Waals surface area contributed by atoms with Gasteiger partial charge in [0.25, 0.3) is 10.0 Å². The second-order valence-corrected chi connectivity index (χ2v) is 6.94. The smallest absolute Gasteiger partial charge is 0.328 e. The summed E-state index contributed by atoms with van der Waals surface area (Å²) in [4.78, 5) is 10.5. The zero-order valence-corrected chi connectivity index (χ0v) is 15.7. The van der Waals surface area contributed by atoms with Gasteiger partial charge in [-0.3, -0.25) is 4.72 Å². The molecular formula is C18H19NO7S. The fraction of sp³-hybridized carbons (Fsp3) is 0.167. The topological polar surface area (TPSA) is 111 Å². The molecule has 2 N–H and O–H groups in total. The second kappa shape index (κ2) is 8.45. The average Bonchev–Trinajstić information content (AvgIpc) is 2.65. The minimum atomic E-state index is -4.03. The maximum absolute atomic E-state index is 12.9. The highest BCUT2D eigenvalue weighted by atomic mass is 32.2. The van der Waals surface area contributed by atoms with Crippen molar-refractivity contribution in [3.05, 3.63) is 48.0 Å². The van der Waals surface area contributed by atoms with E-state index in [9.17, 15) is 13.2 Å². The Balaban J connectivity index is 2.46. The summed E-state index contributed by atoms with van der Waals surface area (Å²) < 4.78 is 43.6. The van der Waals surface area contributed by atoms with E-state index in [0.717, 1.165) is 6.08 Å². The molecule has 0 saturated heterocycles. The molecule has 0 amide bonds. The lowest BCUT2D eigenvalue weighted by molar-refractivity contribution is -0.131. The molecule has 2 aromatic rings. The fourth-order valence-electron chi connectivity index (χ4n) is 2.25. The summed E-state index contributed by atoms with van der Waals surface area (Å²) in [6, 6.07) is 8.92. The van der Waals surface area contributed by atoms with Crippen molar-refractivity contribution in [2.75, 3.05) is 26.1 Å². The van der Waals surface area contributed by atoms with Crippen LogP contribution in [0.5, 0.6) is 17.2 Å². The van der Waals surface area contributed by atoms with Gasteiger partial charge in [0.1, 0.15) is 22.1 Å². The molecule has 2 rings (SSSR count). The van der Waals surface area contributed by atoms with Gasteiger partial charge in [-0.2, -0.15) is 0 Å². The van der Waals surface area contributed by atoms with Crippen LogP contribution in [-0.2, 0) is 14.8 Å². The summed E-state index contributed by atoms with van der Waals surface area (Å²) in [6.07, 6.45) is 2.20. The molecule has 27 heavy (non-hydrogen) atoms. The molecular weight excluding hydrogens is 374 g/mol. The Kier molecular flexibility index (Phi) is 6.30. The molecule has 0 fully saturated rings. The van der Waals surface area contributed by atoms with Gasteiger partial charge in [-0.05, 0) is 23.8 Å². The Labute approximate surface area is 157 Å². The molecule has 0 atom stereocenters. The Morgan fingerprint density at radius 3 is 2.15 bits per heavy atom. The van der Waals surface area contributed by atoms with E-state index in [2.05, 4.69) is 4.72 Å². The standard InChI is InChI=1S/C18H19NO7S/c1-24-14-9-13(10-15(11-14)25-2)19-27(22,23)17-8-12(5-7-18(20)21)4-6-16(17)26-3/h4-11,19H,1-3H3,(H,20,21). The lowest BCUT2D eigenvalue weighted by Crippen LogP contribution is -2.14. The minimum Gasteiger partial charge on any atom is -0.497 e. The van der Waals surface area contributed by atoms with E-state index in [-0.39, 0.29) is 16.3 Å². The maximum atomic E-state index is 12.9. The number of rotatable bonds is 8. The van der Waals surface area contributed by atoms with Gasteiger partial charge in [-0.1, -0.05) is 6.07 Å². The molecule has 0 radical (unpaired) electrons. The van der Waals surface area contributed by atoms with Gasteiger partial charge in [0.15, 0.2) is 0 Å². The number of carboxylic acids is 1. The third kappa shape index (κ3) is 5.14. The number of carboxylic acid groups (broad SMARTS) is 1. The largest absolute Gasteiger partial charge is 0.497 e. The summed E-state index contributed by atoms with van der Waals surface area (Å²) in [5.74, 6) is -0.198. The van der Waals surface area contributed by atoms with E-state index in [4.69, 9.17) is 19.3 Å². The van der Waals surface area contributed by atoms with Crippen LogP contribution in [0.4, 0.5) is 5.69 Å². The van der Waals surface area contributed by atoms with E-state index in [1.807, 2.05) is 0 Å². The summed E-state index contributed by atoms with van der Waals surface area (Å²) >= 11 is 0. The van der Waals surface area contributed by atoms with Crippen molar-refractivity contribution < 1.29 is 32.5 Å². The predicted octanol–water partition coefficient (Wildman–Crippen LogP) is 2.61. The van der Waals surface area contributed by atoms with Crippen molar-refractivity contribution in [2.45, 2.75) is 4.90 Å². The van der Waals surface area contributed by atoms with Gasteiger partial charge in [0.05, 0.1) is 27.0 Å². The van der Waals surface area contributed by atoms with Gasteiger partial charge in [0.2, 0.25) is 0 Å². The number of methoxy groups -OCH3 is 3. The second-order valence-electron chi connectivity index (χ2n) is 5.29. The van der Waals surface area contributed by atoms with E-state index in [0.29, 0.717) is 17.1 Å². The van der Waals surface area contributed by atoms with Crippen molar-refractivity contribution >= 4 is 27.8 Å². The fourth-order valence-corrected chi connectivity index (χ4v) is 3.50. The van der Waals surface area contributed by atoms with E-state index < -0.39 is 16.0 Å². The molecule has 9 heteroatoms. The van der Waals surface area contributed by atoms with Crippen LogP contribution in [0.3, 0.4) is 0 Å². The summed E-state index contributed by atoms with van der Waals surface area (Å²) in [5, 5.41) is 8.73. The molecule has 0 spiro atoms. The van der Waals surface area contributed by atoms with Gasteiger partial charge in [-0.25, -0.2) is 13.2 Å². The summed E-state index contributed by atoms with van der Waals surface area (Å²) in [6.45, 7) is 0. The Morgan fingerprint density at radius 2 is 1.63 bits per heavy atom. The highest BCUT2D eigenvalue weighted by molar-refractivity contribution is 7.92. The third-order valence-corrected chi connectivity index (χ3v) is 4.90. The van der Waals surface area contributed by atoms with Gasteiger partial charge < -0.3 is 19.3 Å². The molecule has 8 nitrogen and oxygen atoms in total. The van der Waals surface area contributed by atoms with Crippen LogP contribution >= 0.6 is 0 Å². The number of hydrogen-bond acceptors (Lipinski definition) is 6. The van der Waals surface area contributed by atoms with Crippen molar-refractivity contribution in [3.8, 4) is 17.2 Å². The normalized spacial score (nSPS) is 11.2. The average molecular weight is 393 g/mol. The van der Waals surface area contributed by atoms with Crippen molar-refractivity contribution in [1.29, 1.82) is 0 Å². The number of ether oxygens (including phenoxy) is 3. The highest BCUT2D eigenvalue weighted by Crippen LogP contribution is 2.30. The first-order valence-corrected chi connectivity index (χ1v) is 9.12. The molecule has 0 heterocycles. The Bertz CT molecular complexity index is 945. The van der Waals surface area contributed by atoms with Crippen LogP contribution in [0.25, 0.3) is 6.08 Å². The van der Waals surface area contributed by atoms with Gasteiger partial charge >= 0.3 is 5.97 Å². The zero-order chi connectivity index (χ0) is 20.0. The van der Waals surface area contributed by atoms with Crippen LogP contribution in [0.15, 0.2) is 47.4 Å². The van der Waals surface area contributed by atoms with E-state index in [1.54, 1.807) is 12.1 Å². The molecule has 0 aliphatic rings. The molecule has 0 aliphatic heterocycles. The zero-order valence-electron chi connectivity index (χ0n) is 14.9. The summed E-state index contributed by atoms with van der Waals surface area (Å²) in [5.41, 5.74) is 0.626. The monoisotopic (exact) mass is 393 g/mol. The predicted molar refractivity (Wildman–Crippen MR) is 100 cm³/mol. The number of anilines is 1. The van der Waals surface area contributed by atoms with E-state index in [1.165, 1.54) is 51.7 Å². The molecule has 2 aromatic carbocycles. The van der Waals surface area contributed by atoms with Crippen LogP contribution in [0.1, 0.15) is 5.56 Å². The van der Waals surface area contributed by atoms with Crippen LogP contribution < -0.4 is 18.9 Å². The van der Waals surface area contributed by atoms with Crippen LogP contribution in [0.2, 0.25) is 0 Å². The number of carbonyl (C=O) groups is 1. The number of nitrogens with one attached hydrogen (secondary N) is 1. The molecule has 0 bridgehead atoms. The van der Waals surface area contributed by atoms with Crippen molar-refractivity contribution in [3.63, 3.8) is 0 Å². The molecule has 0 unspecified atom stereocenters. The quantitative estimate of drug-likeness (QED) is 0.663. The highest BCUT2D eigenvalue weighted by Gasteiger charge is 2.21. The molecule has 0 aliphatic carbocycles. The minimum absolute atomic E-state index is 0.116.